The molecular weight excluding hydrogens is 392 g/mol. The third kappa shape index (κ3) is 4.07. The molecule has 4 rings (SSSR count). The van der Waals surface area contributed by atoms with Gasteiger partial charge in [-0.25, -0.2) is 9.36 Å². The maximum atomic E-state index is 12.4. The van der Waals surface area contributed by atoms with E-state index < -0.39 is 17.1 Å². The van der Waals surface area contributed by atoms with Gasteiger partial charge in [0.05, 0.1) is 11.7 Å². The summed E-state index contributed by atoms with van der Waals surface area (Å²) >= 11 is 0. The molecule has 2 heterocycles. The first kappa shape index (κ1) is 20.4. The Bertz CT molecular complexity index is 1380. The van der Waals surface area contributed by atoms with E-state index in [2.05, 4.69) is 21.0 Å². The van der Waals surface area contributed by atoms with Gasteiger partial charge < -0.3 is 10.1 Å². The van der Waals surface area contributed by atoms with Crippen molar-refractivity contribution >= 4 is 17.1 Å². The number of hydrogen-bond donors (Lipinski definition) is 3. The van der Waals surface area contributed by atoms with Crippen molar-refractivity contribution in [1.82, 2.24) is 14.5 Å². The minimum absolute atomic E-state index is 0.0431. The number of nitrogens with one attached hydrogen (secondary N) is 2. The molecule has 158 valence electrons. The van der Waals surface area contributed by atoms with E-state index in [0.29, 0.717) is 12.1 Å². The number of hydrogen-bond acceptors (Lipinski definition) is 4. The van der Waals surface area contributed by atoms with Crippen LogP contribution in [0.3, 0.4) is 0 Å². The third-order valence-corrected chi connectivity index (χ3v) is 5.40. The molecule has 2 aromatic carbocycles. The number of fused-ring (bicyclic) bond motifs is 1. The van der Waals surface area contributed by atoms with Crippen molar-refractivity contribution in [1.29, 1.82) is 0 Å². The van der Waals surface area contributed by atoms with Gasteiger partial charge in [-0.1, -0.05) is 37.3 Å². The quantitative estimate of drug-likeness (QED) is 0.419. The molecule has 4 aromatic rings. The van der Waals surface area contributed by atoms with Crippen LogP contribution in [0.15, 0.2) is 69.3 Å². The topological polar surface area (TPSA) is 103 Å². The number of aromatic nitrogens is 3. The van der Waals surface area contributed by atoms with Gasteiger partial charge in [0.2, 0.25) is 5.88 Å². The fraction of sp³-hybridized carbons (Fsp3) is 0.208. The van der Waals surface area contributed by atoms with E-state index in [1.165, 1.54) is 6.21 Å². The minimum atomic E-state index is -0.698. The van der Waals surface area contributed by atoms with Gasteiger partial charge in [0.1, 0.15) is 5.56 Å². The Morgan fingerprint density at radius 2 is 1.97 bits per heavy atom. The van der Waals surface area contributed by atoms with Gasteiger partial charge in [-0.05, 0) is 49.1 Å². The van der Waals surface area contributed by atoms with Gasteiger partial charge in [-0.15, -0.1) is 0 Å². The predicted octanol–water partition coefficient (Wildman–Crippen LogP) is 3.46. The Hall–Kier alpha value is -3.87. The van der Waals surface area contributed by atoms with Crippen molar-refractivity contribution in [3.63, 3.8) is 0 Å². The third-order valence-electron chi connectivity index (χ3n) is 5.40. The first-order chi connectivity index (χ1) is 15.0. The highest BCUT2D eigenvalue weighted by Gasteiger charge is 2.15. The van der Waals surface area contributed by atoms with Crippen molar-refractivity contribution in [2.45, 2.75) is 32.7 Å². The molecule has 1 unspecified atom stereocenters. The van der Waals surface area contributed by atoms with Crippen molar-refractivity contribution in [2.75, 3.05) is 0 Å². The molecule has 0 aliphatic carbocycles. The van der Waals surface area contributed by atoms with Crippen LogP contribution in [0.4, 0.5) is 0 Å². The van der Waals surface area contributed by atoms with Crippen LogP contribution in [0.5, 0.6) is 5.88 Å². The highest BCUT2D eigenvalue weighted by atomic mass is 16.3. The Kier molecular flexibility index (Phi) is 5.58. The largest absolute Gasteiger partial charge is 0.493 e. The maximum Gasteiger partial charge on any atom is 0.335 e. The van der Waals surface area contributed by atoms with Crippen LogP contribution in [0, 0.1) is 6.92 Å². The monoisotopic (exact) mass is 416 g/mol. The molecule has 1 atom stereocenters. The smallest absolute Gasteiger partial charge is 0.335 e. The average molecular weight is 416 g/mol. The molecule has 0 bridgehead atoms. The fourth-order valence-electron chi connectivity index (χ4n) is 3.70. The number of para-hydroxylation sites is 1. The van der Waals surface area contributed by atoms with Crippen molar-refractivity contribution in [3.8, 4) is 11.6 Å². The number of nitrogens with zero attached hydrogens (tertiary/aromatic N) is 2. The molecule has 0 saturated heterocycles. The Labute approximate surface area is 178 Å². The maximum absolute atomic E-state index is 12.4. The van der Waals surface area contributed by atoms with E-state index in [-0.39, 0.29) is 11.6 Å². The lowest BCUT2D eigenvalue weighted by Gasteiger charge is -2.12. The summed E-state index contributed by atoms with van der Waals surface area (Å²) in [6, 6.07) is 15.1. The van der Waals surface area contributed by atoms with Crippen molar-refractivity contribution < 1.29 is 5.11 Å². The summed E-state index contributed by atoms with van der Waals surface area (Å²) in [5.41, 5.74) is 2.19. The molecule has 0 saturated carbocycles. The van der Waals surface area contributed by atoms with Gasteiger partial charge in [0.25, 0.3) is 5.56 Å². The average Bonchev–Trinajstić information content (AvgIpc) is 3.15. The molecule has 0 aliphatic rings. The van der Waals surface area contributed by atoms with Crippen molar-refractivity contribution in [3.05, 3.63) is 92.3 Å². The highest BCUT2D eigenvalue weighted by molar-refractivity contribution is 5.84. The van der Waals surface area contributed by atoms with E-state index in [0.717, 1.165) is 33.0 Å². The predicted molar refractivity (Wildman–Crippen MR) is 123 cm³/mol. The van der Waals surface area contributed by atoms with Crippen LogP contribution in [-0.2, 0) is 6.42 Å². The second kappa shape index (κ2) is 8.47. The summed E-state index contributed by atoms with van der Waals surface area (Å²) < 4.78 is 1.08. The molecule has 0 aliphatic heterocycles. The molecule has 2 aromatic heterocycles. The van der Waals surface area contributed by atoms with Gasteiger partial charge >= 0.3 is 5.69 Å². The molecule has 7 nitrogen and oxygen atoms in total. The zero-order chi connectivity index (χ0) is 22.0. The summed E-state index contributed by atoms with van der Waals surface area (Å²) in [6.45, 7) is 3.91. The van der Waals surface area contributed by atoms with Gasteiger partial charge in [-0.2, -0.15) is 0 Å². The van der Waals surface area contributed by atoms with Crippen LogP contribution in [0.25, 0.3) is 16.6 Å². The van der Waals surface area contributed by atoms with E-state index in [4.69, 9.17) is 0 Å². The second-order valence-electron chi connectivity index (χ2n) is 7.57. The summed E-state index contributed by atoms with van der Waals surface area (Å²) in [4.78, 5) is 34.8. The zero-order valence-corrected chi connectivity index (χ0v) is 17.4. The number of aromatic amines is 2. The SMILES string of the molecule is CCC(Cc1c[nH]c2ccccc12)N=Cc1c(O)n(-c2cccc(C)c2)c(=O)[nH]c1=O. The lowest BCUT2D eigenvalue weighted by molar-refractivity contribution is 0.430. The van der Waals surface area contributed by atoms with Crippen LogP contribution in [0.2, 0.25) is 0 Å². The number of aliphatic imine (C=N–C) groups is 1. The zero-order valence-electron chi connectivity index (χ0n) is 17.4. The first-order valence-electron chi connectivity index (χ1n) is 10.2. The van der Waals surface area contributed by atoms with Gasteiger partial charge in [0, 0.05) is 23.3 Å². The van der Waals surface area contributed by atoms with Crippen molar-refractivity contribution in [2.24, 2.45) is 4.99 Å². The van der Waals surface area contributed by atoms with Crippen LogP contribution in [0.1, 0.15) is 30.0 Å². The Balaban J connectivity index is 1.68. The first-order valence-corrected chi connectivity index (χ1v) is 10.2. The number of benzene rings is 2. The molecule has 7 heteroatoms. The minimum Gasteiger partial charge on any atom is -0.493 e. The molecule has 0 amide bonds. The Morgan fingerprint density at radius 1 is 1.16 bits per heavy atom. The normalized spacial score (nSPS) is 12.6. The number of aromatic hydroxyl groups is 1. The Morgan fingerprint density at radius 3 is 2.74 bits per heavy atom. The lowest BCUT2D eigenvalue weighted by atomic mass is 10.0. The van der Waals surface area contributed by atoms with Gasteiger partial charge in [-0.3, -0.25) is 14.8 Å². The second-order valence-corrected chi connectivity index (χ2v) is 7.57. The van der Waals surface area contributed by atoms with E-state index >= 15 is 0 Å². The summed E-state index contributed by atoms with van der Waals surface area (Å²) in [5.74, 6) is -0.426. The molecular formula is C24H24N4O3. The van der Waals surface area contributed by atoms with E-state index in [9.17, 15) is 14.7 Å². The molecule has 0 radical (unpaired) electrons. The van der Waals surface area contributed by atoms with Crippen LogP contribution < -0.4 is 11.2 Å². The number of rotatable bonds is 6. The lowest BCUT2D eigenvalue weighted by Crippen LogP contribution is -2.31. The summed E-state index contributed by atoms with van der Waals surface area (Å²) in [5, 5.41) is 11.9. The van der Waals surface area contributed by atoms with E-state index in [1.54, 1.807) is 18.2 Å². The van der Waals surface area contributed by atoms with Crippen LogP contribution in [-0.4, -0.2) is 31.9 Å². The summed E-state index contributed by atoms with van der Waals surface area (Å²) in [6.07, 6.45) is 4.79. The van der Waals surface area contributed by atoms with E-state index in [1.807, 2.05) is 44.3 Å². The molecule has 31 heavy (non-hydrogen) atoms. The molecule has 3 N–H and O–H groups in total. The van der Waals surface area contributed by atoms with Gasteiger partial charge in [0.15, 0.2) is 0 Å². The number of aryl methyl sites for hydroxylation is 1. The molecule has 0 spiro atoms. The fourth-order valence-corrected chi connectivity index (χ4v) is 3.70. The summed E-state index contributed by atoms with van der Waals surface area (Å²) in [7, 11) is 0. The number of H-pyrrole nitrogens is 2. The standard InChI is InChI=1S/C24H24N4O3/c1-3-17(12-16-13-26-21-10-5-4-9-19(16)21)25-14-20-22(29)27-24(31)28(23(20)30)18-8-6-7-15(2)11-18/h4-11,13-14,17,26,30H,3,12H2,1-2H3,(H,27,29,31). The highest BCUT2D eigenvalue weighted by Crippen LogP contribution is 2.21. The molecule has 0 fully saturated rings. The van der Waals surface area contributed by atoms with Crippen LogP contribution >= 0.6 is 0 Å².